The van der Waals surface area contributed by atoms with Gasteiger partial charge in [0.2, 0.25) is 0 Å². The number of aromatic nitrogens is 1. The van der Waals surface area contributed by atoms with Crippen molar-refractivity contribution in [2.24, 2.45) is 5.92 Å². The SMILES string of the molecule is CC(O)CC(C)O.Cc1cccc2nc(C3=[C-]C(C)CCC3)ccc12.[Ir]. The Hall–Kier alpha value is -1.06. The van der Waals surface area contributed by atoms with Crippen molar-refractivity contribution < 1.29 is 30.3 Å². The van der Waals surface area contributed by atoms with Crippen LogP contribution in [0.25, 0.3) is 16.5 Å². The van der Waals surface area contributed by atoms with Gasteiger partial charge in [0.25, 0.3) is 0 Å². The molecule has 1 aromatic heterocycles. The van der Waals surface area contributed by atoms with Crippen molar-refractivity contribution in [1.29, 1.82) is 0 Å². The molecule has 0 amide bonds. The van der Waals surface area contributed by atoms with Crippen LogP contribution in [0.1, 0.15) is 57.7 Å². The van der Waals surface area contributed by atoms with Crippen molar-refractivity contribution in [2.45, 2.75) is 65.6 Å². The second-order valence-corrected chi connectivity index (χ2v) is 7.19. The number of rotatable bonds is 3. The van der Waals surface area contributed by atoms with Crippen LogP contribution in [0.15, 0.2) is 30.3 Å². The molecule has 0 saturated carbocycles. The normalized spacial score (nSPS) is 18.8. The number of fused-ring (bicyclic) bond motifs is 1. The molecule has 26 heavy (non-hydrogen) atoms. The van der Waals surface area contributed by atoms with Crippen LogP contribution in [-0.2, 0) is 20.1 Å². The fraction of sp³-hybridized carbons (Fsp3) is 0.500. The summed E-state index contributed by atoms with van der Waals surface area (Å²) in [6.07, 6.45) is 6.93. The van der Waals surface area contributed by atoms with Crippen molar-refractivity contribution in [3.05, 3.63) is 47.7 Å². The Labute approximate surface area is 170 Å². The Kier molecular flexibility index (Phi) is 9.67. The zero-order valence-electron chi connectivity index (χ0n) is 16.1. The summed E-state index contributed by atoms with van der Waals surface area (Å²) < 4.78 is 0. The van der Waals surface area contributed by atoms with Crippen LogP contribution in [0.4, 0.5) is 0 Å². The Morgan fingerprint density at radius 2 is 1.85 bits per heavy atom. The molecular weight excluding hydrogens is 502 g/mol. The Bertz CT molecular complexity index is 719. The standard InChI is InChI=1S/C17H18N.C5H12O2.Ir/c1-12-5-3-7-14(11-12)16-10-9-15-13(2)6-4-8-17(15)18-16;1-4(6)3-5(2)7;/h4,6,8-10,12H,3,5,7H2,1-2H3;4-7H,3H2,1-2H3;/q-1;;. The molecule has 3 unspecified atom stereocenters. The Morgan fingerprint density at radius 1 is 1.15 bits per heavy atom. The molecule has 0 aliphatic heterocycles. The molecule has 3 rings (SSSR count). The summed E-state index contributed by atoms with van der Waals surface area (Å²) in [6, 6.07) is 10.7. The zero-order chi connectivity index (χ0) is 18.4. The van der Waals surface area contributed by atoms with Gasteiger partial charge < -0.3 is 15.2 Å². The molecule has 2 aromatic rings. The van der Waals surface area contributed by atoms with E-state index in [-0.39, 0.29) is 32.3 Å². The minimum Gasteiger partial charge on any atom is -0.393 e. The summed E-state index contributed by atoms with van der Waals surface area (Å²) in [5.41, 5.74) is 4.80. The van der Waals surface area contributed by atoms with Gasteiger partial charge in [-0.25, -0.2) is 0 Å². The number of aliphatic hydroxyl groups is 2. The molecule has 145 valence electrons. The first-order valence-corrected chi connectivity index (χ1v) is 9.22. The maximum absolute atomic E-state index is 8.56. The largest absolute Gasteiger partial charge is 0.393 e. The topological polar surface area (TPSA) is 53.4 Å². The molecule has 1 aromatic carbocycles. The van der Waals surface area contributed by atoms with Crippen molar-refractivity contribution in [2.75, 3.05) is 0 Å². The number of pyridine rings is 1. The third-order valence-corrected chi connectivity index (χ3v) is 4.43. The predicted molar refractivity (Wildman–Crippen MR) is 104 cm³/mol. The molecule has 1 heterocycles. The zero-order valence-corrected chi connectivity index (χ0v) is 18.5. The van der Waals surface area contributed by atoms with E-state index in [1.807, 2.05) is 0 Å². The first-order valence-electron chi connectivity index (χ1n) is 9.22. The van der Waals surface area contributed by atoms with Crippen LogP contribution < -0.4 is 0 Å². The van der Waals surface area contributed by atoms with E-state index in [2.05, 4.69) is 50.3 Å². The molecule has 3 nitrogen and oxygen atoms in total. The van der Waals surface area contributed by atoms with Gasteiger partial charge in [-0.05, 0) is 44.2 Å². The van der Waals surface area contributed by atoms with Crippen LogP contribution in [0.2, 0.25) is 0 Å². The van der Waals surface area contributed by atoms with Crippen LogP contribution in [0.5, 0.6) is 0 Å². The van der Waals surface area contributed by atoms with E-state index in [1.165, 1.54) is 29.4 Å². The van der Waals surface area contributed by atoms with Crippen molar-refractivity contribution in [3.8, 4) is 0 Å². The number of hydrogen-bond acceptors (Lipinski definition) is 3. The number of hydrogen-bond donors (Lipinski definition) is 2. The summed E-state index contributed by atoms with van der Waals surface area (Å²) in [7, 11) is 0. The summed E-state index contributed by atoms with van der Waals surface area (Å²) in [6.45, 7) is 7.70. The van der Waals surface area contributed by atoms with Crippen LogP contribution in [0.3, 0.4) is 0 Å². The molecule has 0 saturated heterocycles. The number of nitrogens with zero attached hydrogens (tertiary/aromatic N) is 1. The van der Waals surface area contributed by atoms with Gasteiger partial charge in [0.15, 0.2) is 0 Å². The van der Waals surface area contributed by atoms with Crippen LogP contribution >= 0.6 is 0 Å². The predicted octanol–water partition coefficient (Wildman–Crippen LogP) is 4.69. The monoisotopic (exact) mass is 533 g/mol. The van der Waals surface area contributed by atoms with Crippen LogP contribution in [-0.4, -0.2) is 27.4 Å². The fourth-order valence-corrected chi connectivity index (χ4v) is 3.20. The molecule has 2 N–H and O–H groups in total. The van der Waals surface area contributed by atoms with Gasteiger partial charge in [0.05, 0.1) is 12.2 Å². The van der Waals surface area contributed by atoms with E-state index < -0.39 is 0 Å². The maximum atomic E-state index is 8.56. The second-order valence-electron chi connectivity index (χ2n) is 7.19. The first-order chi connectivity index (χ1) is 11.9. The minimum atomic E-state index is -0.375. The summed E-state index contributed by atoms with van der Waals surface area (Å²) in [4.78, 5) is 4.79. The van der Waals surface area contributed by atoms with E-state index >= 15 is 0 Å². The Balaban J connectivity index is 0.000000366. The number of benzene rings is 1. The van der Waals surface area contributed by atoms with Gasteiger partial charge in [-0.3, -0.25) is 6.08 Å². The molecule has 0 fully saturated rings. The van der Waals surface area contributed by atoms with Gasteiger partial charge in [-0.1, -0.05) is 50.1 Å². The average Bonchev–Trinajstić information content (AvgIpc) is 2.54. The van der Waals surface area contributed by atoms with Gasteiger partial charge in [0.1, 0.15) is 0 Å². The van der Waals surface area contributed by atoms with E-state index in [0.717, 1.165) is 17.6 Å². The Morgan fingerprint density at radius 3 is 2.42 bits per heavy atom. The second kappa shape index (κ2) is 10.9. The van der Waals surface area contributed by atoms with Gasteiger partial charge in [-0.2, -0.15) is 5.57 Å². The van der Waals surface area contributed by atoms with Crippen molar-refractivity contribution in [1.82, 2.24) is 4.98 Å². The molecule has 3 atom stereocenters. The van der Waals surface area contributed by atoms with Crippen molar-refractivity contribution >= 4 is 16.5 Å². The maximum Gasteiger partial charge on any atom is 0.0536 e. The smallest absolute Gasteiger partial charge is 0.0536 e. The van der Waals surface area contributed by atoms with E-state index in [9.17, 15) is 0 Å². The minimum absolute atomic E-state index is 0. The molecular formula is C22H30IrNO2-. The molecule has 0 bridgehead atoms. The van der Waals surface area contributed by atoms with E-state index in [4.69, 9.17) is 15.2 Å². The number of aryl methyl sites for hydroxylation is 1. The summed E-state index contributed by atoms with van der Waals surface area (Å²) >= 11 is 0. The van der Waals surface area contributed by atoms with Gasteiger partial charge in [-0.15, -0.1) is 12.0 Å². The van der Waals surface area contributed by atoms with Gasteiger partial charge >= 0.3 is 0 Å². The first kappa shape index (κ1) is 23.0. The summed E-state index contributed by atoms with van der Waals surface area (Å²) in [5, 5.41) is 18.4. The fourth-order valence-electron chi connectivity index (χ4n) is 3.20. The number of aliphatic hydroxyl groups excluding tert-OH is 2. The number of allylic oxidation sites excluding steroid dienone is 2. The molecule has 1 aliphatic rings. The molecule has 1 aliphatic carbocycles. The molecule has 0 spiro atoms. The average molecular weight is 533 g/mol. The van der Waals surface area contributed by atoms with Gasteiger partial charge in [0, 0.05) is 25.6 Å². The van der Waals surface area contributed by atoms with Crippen molar-refractivity contribution in [3.63, 3.8) is 0 Å². The molecule has 4 heteroatoms. The van der Waals surface area contributed by atoms with E-state index in [0.29, 0.717) is 12.3 Å². The molecule has 1 radical (unpaired) electrons. The summed E-state index contributed by atoms with van der Waals surface area (Å²) in [5.74, 6) is 0.573. The third-order valence-electron chi connectivity index (χ3n) is 4.43. The third kappa shape index (κ3) is 6.92. The quantitative estimate of drug-likeness (QED) is 0.565. The van der Waals surface area contributed by atoms with E-state index in [1.54, 1.807) is 13.8 Å². The van der Waals surface area contributed by atoms with Crippen LogP contribution in [0, 0.1) is 18.9 Å².